The molecule has 11 aromatic rings. The molecule has 0 fully saturated rings. The number of aryl methyl sites for hydroxylation is 13. The molecule has 0 saturated carbocycles. The normalized spacial score (nSPS) is 11.6. The summed E-state index contributed by atoms with van der Waals surface area (Å²) < 4.78 is 0. The molecule has 0 spiro atoms. The Labute approximate surface area is 433 Å². The van der Waals surface area contributed by atoms with E-state index in [1.807, 2.05) is 0 Å². The Kier molecular flexibility index (Phi) is 11.9. The lowest BCUT2D eigenvalue weighted by Crippen LogP contribution is -2.16. The molecule has 11 aromatic carbocycles. The topological polar surface area (TPSA) is 6.48 Å². The highest BCUT2D eigenvalue weighted by Crippen LogP contribution is 2.54. The Morgan fingerprint density at radius 2 is 0.562 bits per heavy atom. The zero-order valence-electron chi connectivity index (χ0n) is 45.0. The first-order valence-electron chi connectivity index (χ1n) is 26.0. The van der Waals surface area contributed by atoms with Crippen molar-refractivity contribution in [1.29, 1.82) is 0 Å². The van der Waals surface area contributed by atoms with Gasteiger partial charge in [-0.3, -0.25) is 0 Å². The Hall–Kier alpha value is -7.94. The first-order chi connectivity index (χ1) is 35.1. The van der Waals surface area contributed by atoms with Gasteiger partial charge in [0.25, 0.3) is 0 Å². The van der Waals surface area contributed by atoms with Gasteiger partial charge in [0, 0.05) is 32.9 Å². The second kappa shape index (κ2) is 18.3. The zero-order valence-corrected chi connectivity index (χ0v) is 45.0. The van der Waals surface area contributed by atoms with Crippen LogP contribution in [-0.2, 0) is 0 Å². The van der Waals surface area contributed by atoms with Gasteiger partial charge in [0.1, 0.15) is 0 Å². The highest BCUT2D eigenvalue weighted by molar-refractivity contribution is 6.26. The standard InChI is InChI=1S/C71H66N2/c1-41-28-30-62(48(8)32-41)72(68-50(10)34-43(3)35-51(68)11)70-58-24-16-14-22-56(58)66(60-26-18-20-46(6)64(60)70)54-38-45(5)39-55(40-54)67-57-23-15-17-25-59(57)71(65-47(7)21-19-27-61(65)67)73(63-31-29-42(2)33-49(63)9)69-52(12)36-44(4)37-53(69)13/h14-40H,1-13H3. The molecule has 0 amide bonds. The van der Waals surface area contributed by atoms with Crippen LogP contribution in [0.5, 0.6) is 0 Å². The van der Waals surface area contributed by atoms with Crippen LogP contribution in [0.2, 0.25) is 0 Å². The molecule has 0 aliphatic heterocycles. The minimum Gasteiger partial charge on any atom is -0.308 e. The fourth-order valence-corrected chi connectivity index (χ4v) is 12.8. The van der Waals surface area contributed by atoms with Crippen molar-refractivity contribution in [2.24, 2.45) is 0 Å². The first-order valence-corrected chi connectivity index (χ1v) is 26.0. The van der Waals surface area contributed by atoms with Crippen LogP contribution in [-0.4, -0.2) is 0 Å². The van der Waals surface area contributed by atoms with E-state index in [2.05, 4.69) is 264 Å². The average molecular weight is 947 g/mol. The van der Waals surface area contributed by atoms with Crippen molar-refractivity contribution in [3.8, 4) is 22.3 Å². The van der Waals surface area contributed by atoms with Crippen LogP contribution in [0.25, 0.3) is 65.3 Å². The van der Waals surface area contributed by atoms with Gasteiger partial charge in [0.05, 0.1) is 22.7 Å². The van der Waals surface area contributed by atoms with Crippen LogP contribution < -0.4 is 9.80 Å². The van der Waals surface area contributed by atoms with Crippen LogP contribution >= 0.6 is 0 Å². The third-order valence-electron chi connectivity index (χ3n) is 15.5. The van der Waals surface area contributed by atoms with Crippen molar-refractivity contribution in [2.45, 2.75) is 90.0 Å². The molecule has 2 heteroatoms. The number of benzene rings is 11. The van der Waals surface area contributed by atoms with Gasteiger partial charge in [-0.25, -0.2) is 0 Å². The molecule has 0 bridgehead atoms. The van der Waals surface area contributed by atoms with E-state index in [-0.39, 0.29) is 0 Å². The van der Waals surface area contributed by atoms with E-state index in [4.69, 9.17) is 0 Å². The van der Waals surface area contributed by atoms with Crippen molar-refractivity contribution in [3.05, 3.63) is 236 Å². The molecule has 0 radical (unpaired) electrons. The van der Waals surface area contributed by atoms with Gasteiger partial charge in [-0.1, -0.05) is 168 Å². The smallest absolute Gasteiger partial charge is 0.0621 e. The second-order valence-electron chi connectivity index (χ2n) is 21.4. The van der Waals surface area contributed by atoms with Crippen molar-refractivity contribution in [2.75, 3.05) is 9.80 Å². The Morgan fingerprint density at radius 1 is 0.233 bits per heavy atom. The van der Waals surface area contributed by atoms with E-state index < -0.39 is 0 Å². The number of hydrogen-bond acceptors (Lipinski definition) is 2. The molecule has 0 aromatic heterocycles. The lowest BCUT2D eigenvalue weighted by atomic mass is 9.84. The quantitative estimate of drug-likeness (QED) is 0.140. The largest absolute Gasteiger partial charge is 0.308 e. The molecule has 0 heterocycles. The van der Waals surface area contributed by atoms with Crippen LogP contribution in [0, 0.1) is 90.0 Å². The zero-order chi connectivity index (χ0) is 51.1. The molecule has 0 aliphatic rings. The molecule has 0 N–H and O–H groups in total. The van der Waals surface area contributed by atoms with Gasteiger partial charge >= 0.3 is 0 Å². The second-order valence-corrected chi connectivity index (χ2v) is 21.4. The van der Waals surface area contributed by atoms with Crippen LogP contribution in [0.15, 0.2) is 164 Å². The lowest BCUT2D eigenvalue weighted by molar-refractivity contribution is 1.19. The number of hydrogen-bond donors (Lipinski definition) is 0. The minimum atomic E-state index is 1.20. The lowest BCUT2D eigenvalue weighted by Gasteiger charge is -2.34. The summed E-state index contributed by atoms with van der Waals surface area (Å²) in [5.41, 5.74) is 28.6. The summed E-state index contributed by atoms with van der Waals surface area (Å²) in [6.45, 7) is 29.3. The fourth-order valence-electron chi connectivity index (χ4n) is 12.8. The Balaban J connectivity index is 1.23. The summed E-state index contributed by atoms with van der Waals surface area (Å²) in [5, 5.41) is 9.95. The maximum Gasteiger partial charge on any atom is 0.0621 e. The summed E-state index contributed by atoms with van der Waals surface area (Å²) in [4.78, 5) is 5.18. The number of anilines is 6. The predicted octanol–water partition coefficient (Wildman–Crippen LogP) is 20.6. The van der Waals surface area contributed by atoms with Crippen molar-refractivity contribution >= 4 is 77.2 Å². The van der Waals surface area contributed by atoms with E-state index >= 15 is 0 Å². The third kappa shape index (κ3) is 7.96. The highest BCUT2D eigenvalue weighted by atomic mass is 15.2. The molecular weight excluding hydrogens is 881 g/mol. The molecule has 360 valence electrons. The third-order valence-corrected chi connectivity index (χ3v) is 15.5. The van der Waals surface area contributed by atoms with E-state index in [0.717, 1.165) is 0 Å². The van der Waals surface area contributed by atoms with Gasteiger partial charge in [-0.05, 0) is 202 Å². The SMILES string of the molecule is Cc1cc(-c2c3ccccc3c(N(c3ccc(C)cc3C)c3c(C)cc(C)cc3C)c3c(C)cccc23)cc(-c2c3ccccc3c(N(c3ccc(C)cc3C)c3c(C)cc(C)cc3C)c3c(C)cccc23)c1. The fraction of sp³-hybridized carbons (Fsp3) is 0.183. The van der Waals surface area contributed by atoms with Crippen molar-refractivity contribution in [1.82, 2.24) is 0 Å². The molecule has 2 nitrogen and oxygen atoms in total. The minimum absolute atomic E-state index is 1.20. The van der Waals surface area contributed by atoms with E-state index in [1.54, 1.807) is 0 Å². The summed E-state index contributed by atoms with van der Waals surface area (Å²) in [6.07, 6.45) is 0. The van der Waals surface area contributed by atoms with Crippen LogP contribution in [0.1, 0.15) is 72.3 Å². The molecule has 11 rings (SSSR count). The number of nitrogens with zero attached hydrogens (tertiary/aromatic N) is 2. The van der Waals surface area contributed by atoms with Gasteiger partial charge in [0.15, 0.2) is 0 Å². The van der Waals surface area contributed by atoms with Crippen molar-refractivity contribution < 1.29 is 0 Å². The maximum absolute atomic E-state index is 2.59. The summed E-state index contributed by atoms with van der Waals surface area (Å²) in [6, 6.07) is 62.6. The first kappa shape index (κ1) is 47.4. The Morgan fingerprint density at radius 3 is 0.932 bits per heavy atom. The number of rotatable bonds is 8. The Bertz CT molecular complexity index is 3770. The maximum atomic E-state index is 2.59. The summed E-state index contributed by atoms with van der Waals surface area (Å²) >= 11 is 0. The van der Waals surface area contributed by atoms with E-state index in [9.17, 15) is 0 Å². The number of fused-ring (bicyclic) bond motifs is 4. The van der Waals surface area contributed by atoms with Crippen LogP contribution in [0.4, 0.5) is 34.1 Å². The molecule has 0 atom stereocenters. The van der Waals surface area contributed by atoms with Gasteiger partial charge in [0.2, 0.25) is 0 Å². The van der Waals surface area contributed by atoms with Crippen LogP contribution in [0.3, 0.4) is 0 Å². The molecule has 73 heavy (non-hydrogen) atoms. The van der Waals surface area contributed by atoms with E-state index in [1.165, 1.54) is 172 Å². The highest BCUT2D eigenvalue weighted by Gasteiger charge is 2.29. The molecular formula is C71H66N2. The van der Waals surface area contributed by atoms with Gasteiger partial charge in [-0.2, -0.15) is 0 Å². The predicted molar refractivity (Wildman–Crippen MR) is 318 cm³/mol. The van der Waals surface area contributed by atoms with E-state index in [0.29, 0.717) is 0 Å². The molecule has 0 saturated heterocycles. The monoisotopic (exact) mass is 947 g/mol. The molecule has 0 aliphatic carbocycles. The summed E-state index contributed by atoms with van der Waals surface area (Å²) in [5.74, 6) is 0. The summed E-state index contributed by atoms with van der Waals surface area (Å²) in [7, 11) is 0. The van der Waals surface area contributed by atoms with Crippen molar-refractivity contribution in [3.63, 3.8) is 0 Å². The van der Waals surface area contributed by atoms with Gasteiger partial charge in [-0.15, -0.1) is 0 Å². The average Bonchev–Trinajstić information content (AvgIpc) is 3.33. The molecule has 0 unspecified atom stereocenters. The van der Waals surface area contributed by atoms with Gasteiger partial charge < -0.3 is 9.80 Å².